The van der Waals surface area contributed by atoms with Crippen LogP contribution in [-0.2, 0) is 4.79 Å². The first-order valence-corrected chi connectivity index (χ1v) is 5.08. The summed E-state index contributed by atoms with van der Waals surface area (Å²) in [6, 6.07) is 0. The summed E-state index contributed by atoms with van der Waals surface area (Å²) in [4.78, 5) is 10.9. The fourth-order valence-corrected chi connectivity index (χ4v) is 2.34. The molecule has 0 aromatic carbocycles. The molecular formula is C10H15FO2. The van der Waals surface area contributed by atoms with Crippen molar-refractivity contribution in [1.82, 2.24) is 0 Å². The number of halogens is 1. The molecule has 2 fully saturated rings. The quantitative estimate of drug-likeness (QED) is 0.734. The first-order chi connectivity index (χ1) is 6.15. The van der Waals surface area contributed by atoms with Crippen LogP contribution in [0.2, 0.25) is 0 Å². The van der Waals surface area contributed by atoms with E-state index in [1.807, 2.05) is 0 Å². The van der Waals surface area contributed by atoms with Crippen LogP contribution >= 0.6 is 0 Å². The van der Waals surface area contributed by atoms with Crippen LogP contribution < -0.4 is 0 Å². The van der Waals surface area contributed by atoms with E-state index in [0.717, 1.165) is 38.5 Å². The lowest BCUT2D eigenvalue weighted by Crippen LogP contribution is -2.52. The Bertz CT molecular complexity index is 205. The second-order valence-electron chi connectivity index (χ2n) is 4.33. The first-order valence-electron chi connectivity index (χ1n) is 5.08. The molecule has 2 aliphatic rings. The zero-order valence-corrected chi connectivity index (χ0v) is 7.63. The molecule has 1 N–H and O–H groups in total. The molecule has 74 valence electrons. The third kappa shape index (κ3) is 1.17. The zero-order chi connectivity index (χ0) is 9.47. The highest BCUT2D eigenvalue weighted by atomic mass is 19.1. The number of alkyl halides is 1. The van der Waals surface area contributed by atoms with Crippen LogP contribution in [0.15, 0.2) is 0 Å². The Morgan fingerprint density at radius 1 is 1.15 bits per heavy atom. The monoisotopic (exact) mass is 186 g/mol. The molecule has 0 saturated heterocycles. The number of hydrogen-bond acceptors (Lipinski definition) is 1. The molecule has 0 spiro atoms. The smallest absolute Gasteiger partial charge is 0.342 e. The van der Waals surface area contributed by atoms with Crippen molar-refractivity contribution >= 4 is 5.97 Å². The van der Waals surface area contributed by atoms with Crippen LogP contribution in [0.25, 0.3) is 0 Å². The van der Waals surface area contributed by atoms with Gasteiger partial charge in [-0.1, -0.05) is 12.8 Å². The average molecular weight is 186 g/mol. The normalized spacial score (nSPS) is 25.0. The van der Waals surface area contributed by atoms with Gasteiger partial charge in [0.2, 0.25) is 5.67 Å². The third-order valence-corrected chi connectivity index (χ3v) is 3.73. The van der Waals surface area contributed by atoms with Crippen LogP contribution in [0.4, 0.5) is 4.39 Å². The lowest BCUT2D eigenvalue weighted by Gasteiger charge is -2.44. The van der Waals surface area contributed by atoms with Gasteiger partial charge in [0, 0.05) is 11.8 Å². The SMILES string of the molecule is O=C(O)C(F)(C1CCC1)C1CCC1. The molecule has 13 heavy (non-hydrogen) atoms. The van der Waals surface area contributed by atoms with Gasteiger partial charge >= 0.3 is 5.97 Å². The second-order valence-corrected chi connectivity index (χ2v) is 4.33. The molecule has 0 aromatic rings. The molecule has 2 saturated carbocycles. The number of carbonyl (C=O) groups is 1. The van der Waals surface area contributed by atoms with Crippen LogP contribution in [0.3, 0.4) is 0 Å². The van der Waals surface area contributed by atoms with Crippen molar-refractivity contribution in [2.24, 2.45) is 11.8 Å². The van der Waals surface area contributed by atoms with Crippen molar-refractivity contribution in [3.63, 3.8) is 0 Å². The van der Waals surface area contributed by atoms with E-state index in [-0.39, 0.29) is 11.8 Å². The van der Waals surface area contributed by atoms with Gasteiger partial charge in [-0.3, -0.25) is 0 Å². The summed E-state index contributed by atoms with van der Waals surface area (Å²) in [6.45, 7) is 0. The third-order valence-electron chi connectivity index (χ3n) is 3.73. The Balaban J connectivity index is 2.12. The molecule has 3 heteroatoms. The molecule has 0 aromatic heterocycles. The van der Waals surface area contributed by atoms with Crippen LogP contribution in [0.1, 0.15) is 38.5 Å². The van der Waals surface area contributed by atoms with Crippen molar-refractivity contribution in [1.29, 1.82) is 0 Å². The lowest BCUT2D eigenvalue weighted by molar-refractivity contribution is -0.168. The number of carboxylic acid groups (broad SMARTS) is 1. The minimum atomic E-state index is -1.89. The number of aliphatic carboxylic acids is 1. The summed E-state index contributed by atoms with van der Waals surface area (Å²) < 4.78 is 14.2. The summed E-state index contributed by atoms with van der Waals surface area (Å²) in [7, 11) is 0. The van der Waals surface area contributed by atoms with E-state index < -0.39 is 11.6 Å². The Morgan fingerprint density at radius 2 is 1.54 bits per heavy atom. The Morgan fingerprint density at radius 3 is 1.69 bits per heavy atom. The Kier molecular flexibility index (Phi) is 2.05. The van der Waals surface area contributed by atoms with Gasteiger partial charge in [0.15, 0.2) is 0 Å². The maximum absolute atomic E-state index is 14.2. The van der Waals surface area contributed by atoms with Gasteiger partial charge in [0.1, 0.15) is 0 Å². The van der Waals surface area contributed by atoms with Gasteiger partial charge in [-0.25, -0.2) is 9.18 Å². The molecule has 2 rings (SSSR count). The van der Waals surface area contributed by atoms with Gasteiger partial charge in [-0.15, -0.1) is 0 Å². The standard InChI is InChI=1S/C10H15FO2/c11-10(9(12)13,7-3-1-4-7)8-5-2-6-8/h7-8H,1-6H2,(H,12,13). The lowest BCUT2D eigenvalue weighted by atomic mass is 9.62. The van der Waals surface area contributed by atoms with Crippen molar-refractivity contribution < 1.29 is 14.3 Å². The summed E-state index contributed by atoms with van der Waals surface area (Å²) in [5, 5.41) is 8.93. The number of carboxylic acids is 1. The maximum atomic E-state index is 14.2. The van der Waals surface area contributed by atoms with E-state index >= 15 is 0 Å². The van der Waals surface area contributed by atoms with Gasteiger partial charge < -0.3 is 5.11 Å². The predicted octanol–water partition coefficient (Wildman–Crippen LogP) is 2.38. The van der Waals surface area contributed by atoms with E-state index in [1.165, 1.54) is 0 Å². The van der Waals surface area contributed by atoms with E-state index in [9.17, 15) is 9.18 Å². The summed E-state index contributed by atoms with van der Waals surface area (Å²) >= 11 is 0. The van der Waals surface area contributed by atoms with Gasteiger partial charge in [0.25, 0.3) is 0 Å². The zero-order valence-electron chi connectivity index (χ0n) is 7.63. The predicted molar refractivity (Wildman–Crippen MR) is 46.2 cm³/mol. The molecule has 0 amide bonds. The van der Waals surface area contributed by atoms with E-state index in [2.05, 4.69) is 0 Å². The topological polar surface area (TPSA) is 37.3 Å². The molecule has 2 aliphatic carbocycles. The molecular weight excluding hydrogens is 171 g/mol. The highest BCUT2D eigenvalue weighted by Gasteiger charge is 2.55. The van der Waals surface area contributed by atoms with Crippen molar-refractivity contribution in [3.8, 4) is 0 Å². The molecule has 0 heterocycles. The van der Waals surface area contributed by atoms with Crippen LogP contribution in [0.5, 0.6) is 0 Å². The van der Waals surface area contributed by atoms with Crippen molar-refractivity contribution in [2.75, 3.05) is 0 Å². The minimum absolute atomic E-state index is 0.199. The van der Waals surface area contributed by atoms with E-state index in [4.69, 9.17) is 5.11 Å². The van der Waals surface area contributed by atoms with Crippen molar-refractivity contribution in [2.45, 2.75) is 44.2 Å². The molecule has 0 bridgehead atoms. The maximum Gasteiger partial charge on any atom is 0.342 e. The number of hydrogen-bond donors (Lipinski definition) is 1. The van der Waals surface area contributed by atoms with E-state index in [0.29, 0.717) is 0 Å². The fraction of sp³-hybridized carbons (Fsp3) is 0.900. The summed E-state index contributed by atoms with van der Waals surface area (Å²) in [5.74, 6) is -1.62. The molecule has 2 nitrogen and oxygen atoms in total. The van der Waals surface area contributed by atoms with E-state index in [1.54, 1.807) is 0 Å². The van der Waals surface area contributed by atoms with Crippen molar-refractivity contribution in [3.05, 3.63) is 0 Å². The first kappa shape index (κ1) is 8.97. The molecule has 0 radical (unpaired) electrons. The fourth-order valence-electron chi connectivity index (χ4n) is 2.34. The van der Waals surface area contributed by atoms with Gasteiger partial charge in [-0.05, 0) is 25.7 Å². The van der Waals surface area contributed by atoms with Crippen LogP contribution in [-0.4, -0.2) is 16.7 Å². The minimum Gasteiger partial charge on any atom is -0.479 e. The van der Waals surface area contributed by atoms with Gasteiger partial charge in [-0.2, -0.15) is 0 Å². The highest BCUT2D eigenvalue weighted by Crippen LogP contribution is 2.49. The Labute approximate surface area is 77.1 Å². The number of rotatable bonds is 3. The molecule has 0 unspecified atom stereocenters. The largest absolute Gasteiger partial charge is 0.479 e. The van der Waals surface area contributed by atoms with Crippen LogP contribution in [0, 0.1) is 11.8 Å². The summed E-state index contributed by atoms with van der Waals surface area (Å²) in [6.07, 6.45) is 5.05. The summed E-state index contributed by atoms with van der Waals surface area (Å²) in [5.41, 5.74) is -1.89. The van der Waals surface area contributed by atoms with Gasteiger partial charge in [0.05, 0.1) is 0 Å². The highest BCUT2D eigenvalue weighted by molar-refractivity contribution is 5.78. The molecule has 0 aliphatic heterocycles. The second kappa shape index (κ2) is 2.96. The Hall–Kier alpha value is -0.600. The average Bonchev–Trinajstić information content (AvgIpc) is 1.77. The molecule has 0 atom stereocenters.